The summed E-state index contributed by atoms with van der Waals surface area (Å²) in [6.07, 6.45) is 0.799. The van der Waals surface area contributed by atoms with Crippen molar-refractivity contribution in [1.29, 1.82) is 0 Å². The number of hydrogen-bond acceptors (Lipinski definition) is 5. The third-order valence-electron chi connectivity index (χ3n) is 7.18. The molecule has 0 saturated heterocycles. The van der Waals surface area contributed by atoms with Gasteiger partial charge in [0, 0.05) is 25.0 Å². The molecule has 7 heteroatoms. The predicted octanol–water partition coefficient (Wildman–Crippen LogP) is 6.70. The summed E-state index contributed by atoms with van der Waals surface area (Å²) in [5.74, 6) is 0.297. The van der Waals surface area contributed by atoms with E-state index in [4.69, 9.17) is 4.98 Å². The standard InChI is InChI=1S/C34H31N5OS/c1-25-11-10-16-28(21-25)23-39-30-18-9-8-17-29(30)32-33(39)35-34(37-36-32)41-24-31(40)38(22-27-14-6-3-7-15-27)20-19-26-12-4-2-5-13-26/h2-18,21H,19-20,22-24H2,1H3. The lowest BCUT2D eigenvalue weighted by Crippen LogP contribution is -2.33. The Morgan fingerprint density at radius 2 is 1.51 bits per heavy atom. The first-order valence-corrected chi connectivity index (χ1v) is 14.8. The van der Waals surface area contributed by atoms with Crippen LogP contribution in [0.3, 0.4) is 0 Å². The largest absolute Gasteiger partial charge is 0.337 e. The lowest BCUT2D eigenvalue weighted by Gasteiger charge is -2.23. The van der Waals surface area contributed by atoms with Crippen LogP contribution in [0.15, 0.2) is 114 Å². The van der Waals surface area contributed by atoms with Gasteiger partial charge in [-0.05, 0) is 36.1 Å². The quantitative estimate of drug-likeness (QED) is 0.175. The van der Waals surface area contributed by atoms with E-state index >= 15 is 0 Å². The number of para-hydroxylation sites is 1. The van der Waals surface area contributed by atoms with Gasteiger partial charge in [-0.2, -0.15) is 0 Å². The van der Waals surface area contributed by atoms with E-state index in [1.165, 1.54) is 28.5 Å². The third kappa shape index (κ3) is 6.31. The average Bonchev–Trinajstić information content (AvgIpc) is 3.31. The van der Waals surface area contributed by atoms with Gasteiger partial charge in [-0.15, -0.1) is 10.2 Å². The van der Waals surface area contributed by atoms with Gasteiger partial charge in [0.1, 0.15) is 5.52 Å². The number of benzene rings is 4. The Morgan fingerprint density at radius 1 is 0.805 bits per heavy atom. The molecule has 6 nitrogen and oxygen atoms in total. The number of thioether (sulfide) groups is 1. The molecule has 4 aromatic carbocycles. The second-order valence-electron chi connectivity index (χ2n) is 10.2. The molecule has 0 fully saturated rings. The number of carbonyl (C=O) groups is 1. The van der Waals surface area contributed by atoms with Crippen molar-refractivity contribution < 1.29 is 4.79 Å². The van der Waals surface area contributed by atoms with Crippen LogP contribution >= 0.6 is 11.8 Å². The summed E-state index contributed by atoms with van der Waals surface area (Å²) < 4.78 is 2.20. The Labute approximate surface area is 244 Å². The van der Waals surface area contributed by atoms with Crippen molar-refractivity contribution in [3.8, 4) is 0 Å². The van der Waals surface area contributed by atoms with E-state index in [-0.39, 0.29) is 11.7 Å². The molecule has 6 rings (SSSR count). The molecule has 0 radical (unpaired) electrons. The molecule has 204 valence electrons. The summed E-state index contributed by atoms with van der Waals surface area (Å²) in [7, 11) is 0. The molecule has 0 saturated carbocycles. The summed E-state index contributed by atoms with van der Waals surface area (Å²) in [5.41, 5.74) is 7.37. The topological polar surface area (TPSA) is 63.9 Å². The molecule has 0 atom stereocenters. The van der Waals surface area contributed by atoms with Crippen molar-refractivity contribution in [2.75, 3.05) is 12.3 Å². The zero-order valence-electron chi connectivity index (χ0n) is 23.0. The minimum atomic E-state index is 0.0544. The number of carbonyl (C=O) groups excluding carboxylic acids is 1. The minimum Gasteiger partial charge on any atom is -0.337 e. The molecule has 0 N–H and O–H groups in total. The predicted molar refractivity (Wildman–Crippen MR) is 166 cm³/mol. The van der Waals surface area contributed by atoms with E-state index in [1.54, 1.807) is 0 Å². The fourth-order valence-corrected chi connectivity index (χ4v) is 5.81. The van der Waals surface area contributed by atoms with Crippen molar-refractivity contribution >= 4 is 39.7 Å². The number of fused-ring (bicyclic) bond motifs is 3. The Balaban J connectivity index is 1.23. The lowest BCUT2D eigenvalue weighted by molar-refractivity contribution is -0.128. The van der Waals surface area contributed by atoms with Gasteiger partial charge in [0.15, 0.2) is 5.65 Å². The molecule has 0 aliphatic heterocycles. The SMILES string of the molecule is Cc1cccc(Cn2c3ccccc3c3nnc(SCC(=O)N(CCc4ccccc4)Cc4ccccc4)nc32)c1. The van der Waals surface area contributed by atoms with Gasteiger partial charge in [-0.1, -0.05) is 120 Å². The molecule has 0 spiro atoms. The number of rotatable bonds is 10. The number of aromatic nitrogens is 4. The van der Waals surface area contributed by atoms with Crippen molar-refractivity contribution in [2.45, 2.75) is 31.6 Å². The smallest absolute Gasteiger partial charge is 0.233 e. The van der Waals surface area contributed by atoms with Crippen LogP contribution in [-0.4, -0.2) is 42.9 Å². The molecule has 0 bridgehead atoms. The fraction of sp³-hybridized carbons (Fsp3) is 0.176. The van der Waals surface area contributed by atoms with Gasteiger partial charge in [-0.25, -0.2) is 4.98 Å². The minimum absolute atomic E-state index is 0.0544. The van der Waals surface area contributed by atoms with Gasteiger partial charge in [0.25, 0.3) is 0 Å². The highest BCUT2D eigenvalue weighted by Gasteiger charge is 2.18. The molecule has 0 aliphatic rings. The fourth-order valence-electron chi connectivity index (χ4n) is 5.13. The van der Waals surface area contributed by atoms with E-state index in [1.807, 2.05) is 53.4 Å². The van der Waals surface area contributed by atoms with Crippen LogP contribution in [0.4, 0.5) is 0 Å². The Morgan fingerprint density at radius 3 is 2.29 bits per heavy atom. The molecular weight excluding hydrogens is 526 g/mol. The van der Waals surface area contributed by atoms with Crippen LogP contribution in [0.1, 0.15) is 22.3 Å². The highest BCUT2D eigenvalue weighted by molar-refractivity contribution is 7.99. The van der Waals surface area contributed by atoms with Crippen molar-refractivity contribution in [3.63, 3.8) is 0 Å². The zero-order valence-corrected chi connectivity index (χ0v) is 23.8. The van der Waals surface area contributed by atoms with Crippen LogP contribution in [0.25, 0.3) is 22.1 Å². The van der Waals surface area contributed by atoms with Gasteiger partial charge in [0.05, 0.1) is 11.3 Å². The van der Waals surface area contributed by atoms with Gasteiger partial charge >= 0.3 is 0 Å². The average molecular weight is 558 g/mol. The van der Waals surface area contributed by atoms with Crippen molar-refractivity contribution in [3.05, 3.63) is 131 Å². The van der Waals surface area contributed by atoms with Crippen LogP contribution in [0, 0.1) is 6.92 Å². The Bertz CT molecular complexity index is 1790. The summed E-state index contributed by atoms with van der Waals surface area (Å²) in [5, 5.41) is 10.5. The molecule has 1 amide bonds. The van der Waals surface area contributed by atoms with E-state index in [0.29, 0.717) is 24.8 Å². The maximum atomic E-state index is 13.5. The van der Waals surface area contributed by atoms with Crippen LogP contribution in [0.5, 0.6) is 0 Å². The monoisotopic (exact) mass is 557 g/mol. The highest BCUT2D eigenvalue weighted by atomic mass is 32.2. The first-order valence-electron chi connectivity index (χ1n) is 13.8. The van der Waals surface area contributed by atoms with Crippen LogP contribution < -0.4 is 0 Å². The third-order valence-corrected chi connectivity index (χ3v) is 8.01. The zero-order chi connectivity index (χ0) is 28.0. The molecular formula is C34H31N5OS. The normalized spacial score (nSPS) is 11.2. The number of nitrogens with zero attached hydrogens (tertiary/aromatic N) is 5. The van der Waals surface area contributed by atoms with E-state index < -0.39 is 0 Å². The lowest BCUT2D eigenvalue weighted by atomic mass is 10.1. The first kappa shape index (κ1) is 26.7. The van der Waals surface area contributed by atoms with Gasteiger partial charge in [0.2, 0.25) is 11.1 Å². The Hall–Kier alpha value is -4.49. The van der Waals surface area contributed by atoms with E-state index in [0.717, 1.165) is 34.1 Å². The summed E-state index contributed by atoms with van der Waals surface area (Å²) in [4.78, 5) is 20.4. The first-order chi connectivity index (χ1) is 20.1. The molecule has 0 unspecified atom stereocenters. The number of hydrogen-bond donors (Lipinski definition) is 0. The second-order valence-corrected chi connectivity index (χ2v) is 11.1. The van der Waals surface area contributed by atoms with Gasteiger partial charge < -0.3 is 9.47 Å². The number of amides is 1. The Kier molecular flexibility index (Phi) is 8.05. The molecule has 0 aliphatic carbocycles. The molecule has 2 aromatic heterocycles. The summed E-state index contributed by atoms with van der Waals surface area (Å²) in [6.45, 7) is 3.99. The molecule has 41 heavy (non-hydrogen) atoms. The second kappa shape index (κ2) is 12.4. The number of aryl methyl sites for hydroxylation is 1. The van der Waals surface area contributed by atoms with Crippen LogP contribution in [0.2, 0.25) is 0 Å². The van der Waals surface area contributed by atoms with Crippen molar-refractivity contribution in [1.82, 2.24) is 24.6 Å². The van der Waals surface area contributed by atoms with Crippen LogP contribution in [-0.2, 0) is 24.3 Å². The highest BCUT2D eigenvalue weighted by Crippen LogP contribution is 2.28. The maximum Gasteiger partial charge on any atom is 0.233 e. The van der Waals surface area contributed by atoms with E-state index in [9.17, 15) is 4.79 Å². The van der Waals surface area contributed by atoms with E-state index in [2.05, 4.69) is 82.4 Å². The molecule has 2 heterocycles. The maximum absolute atomic E-state index is 13.5. The molecule has 6 aromatic rings. The summed E-state index contributed by atoms with van der Waals surface area (Å²) >= 11 is 1.34. The summed E-state index contributed by atoms with van der Waals surface area (Å²) in [6, 6.07) is 37.1. The van der Waals surface area contributed by atoms with Gasteiger partial charge in [-0.3, -0.25) is 4.79 Å². The van der Waals surface area contributed by atoms with Crippen molar-refractivity contribution in [2.24, 2.45) is 0 Å².